The highest BCUT2D eigenvalue weighted by Crippen LogP contribution is 2.24. The highest BCUT2D eigenvalue weighted by atomic mass is 79.9. The molecule has 0 saturated heterocycles. The van der Waals surface area contributed by atoms with E-state index in [9.17, 15) is 9.59 Å². The van der Waals surface area contributed by atoms with E-state index in [1.807, 2.05) is 26.0 Å². The summed E-state index contributed by atoms with van der Waals surface area (Å²) in [6.45, 7) is 3.93. The van der Waals surface area contributed by atoms with Crippen molar-refractivity contribution in [2.24, 2.45) is 0 Å². The summed E-state index contributed by atoms with van der Waals surface area (Å²) in [6, 6.07) is 9.95. The monoisotopic (exact) mass is 347 g/mol. The first-order chi connectivity index (χ1) is 9.88. The minimum Gasteiger partial charge on any atom is -0.478 e. The molecular formula is C16H14BrNO3. The minimum absolute atomic E-state index is 0.158. The lowest BCUT2D eigenvalue weighted by molar-refractivity contribution is 0.0696. The Kier molecular flexibility index (Phi) is 4.43. The van der Waals surface area contributed by atoms with Gasteiger partial charge in [-0.1, -0.05) is 6.07 Å². The Balaban J connectivity index is 2.23. The van der Waals surface area contributed by atoms with Gasteiger partial charge in [-0.15, -0.1) is 0 Å². The summed E-state index contributed by atoms with van der Waals surface area (Å²) >= 11 is 3.26. The van der Waals surface area contributed by atoms with Crippen molar-refractivity contribution in [3.63, 3.8) is 0 Å². The van der Waals surface area contributed by atoms with Gasteiger partial charge < -0.3 is 10.4 Å². The Morgan fingerprint density at radius 1 is 1.00 bits per heavy atom. The first-order valence-electron chi connectivity index (χ1n) is 6.30. The Labute approximate surface area is 130 Å². The Morgan fingerprint density at radius 3 is 2.24 bits per heavy atom. The highest BCUT2D eigenvalue weighted by Gasteiger charge is 2.11. The highest BCUT2D eigenvalue weighted by molar-refractivity contribution is 9.10. The molecule has 0 aliphatic carbocycles. The lowest BCUT2D eigenvalue weighted by Crippen LogP contribution is -2.13. The van der Waals surface area contributed by atoms with Crippen molar-refractivity contribution in [2.75, 3.05) is 5.32 Å². The molecule has 0 spiro atoms. The van der Waals surface area contributed by atoms with Crippen LogP contribution in [0.5, 0.6) is 0 Å². The molecule has 2 aromatic carbocycles. The number of aromatic carboxylic acids is 1. The number of aryl methyl sites for hydroxylation is 2. The number of benzene rings is 2. The summed E-state index contributed by atoms with van der Waals surface area (Å²) in [4.78, 5) is 23.1. The van der Waals surface area contributed by atoms with Crippen LogP contribution in [0, 0.1) is 13.8 Å². The van der Waals surface area contributed by atoms with Crippen LogP contribution in [0.25, 0.3) is 0 Å². The molecule has 5 heteroatoms. The number of carboxylic acids is 1. The van der Waals surface area contributed by atoms with Crippen molar-refractivity contribution in [3.8, 4) is 0 Å². The fourth-order valence-corrected chi connectivity index (χ4v) is 2.30. The summed E-state index contributed by atoms with van der Waals surface area (Å²) in [5.41, 5.74) is 3.42. The van der Waals surface area contributed by atoms with Crippen molar-refractivity contribution in [1.29, 1.82) is 0 Å². The number of halogens is 1. The summed E-state index contributed by atoms with van der Waals surface area (Å²) in [5, 5.41) is 11.7. The molecule has 4 nitrogen and oxygen atoms in total. The van der Waals surface area contributed by atoms with Crippen molar-refractivity contribution >= 4 is 33.5 Å². The van der Waals surface area contributed by atoms with Gasteiger partial charge in [-0.2, -0.15) is 0 Å². The maximum Gasteiger partial charge on any atom is 0.335 e. The molecule has 0 saturated carbocycles. The average molecular weight is 348 g/mol. The van der Waals surface area contributed by atoms with Gasteiger partial charge >= 0.3 is 5.97 Å². The number of nitrogens with one attached hydrogen (secondary N) is 1. The van der Waals surface area contributed by atoms with Crippen molar-refractivity contribution in [1.82, 2.24) is 0 Å². The molecule has 2 aromatic rings. The van der Waals surface area contributed by atoms with E-state index < -0.39 is 5.97 Å². The molecule has 0 fully saturated rings. The van der Waals surface area contributed by atoms with E-state index in [-0.39, 0.29) is 11.5 Å². The van der Waals surface area contributed by atoms with E-state index in [1.165, 1.54) is 12.1 Å². The number of carboxylic acid groups (broad SMARTS) is 1. The Morgan fingerprint density at radius 2 is 1.67 bits per heavy atom. The van der Waals surface area contributed by atoms with Gasteiger partial charge in [0.2, 0.25) is 0 Å². The summed E-state index contributed by atoms with van der Waals surface area (Å²) < 4.78 is 0.527. The zero-order valence-electron chi connectivity index (χ0n) is 11.6. The Bertz CT molecular complexity index is 725. The normalized spacial score (nSPS) is 10.2. The van der Waals surface area contributed by atoms with Crippen molar-refractivity contribution < 1.29 is 14.7 Å². The third-order valence-electron chi connectivity index (χ3n) is 3.23. The van der Waals surface area contributed by atoms with Crippen LogP contribution in [0.1, 0.15) is 31.8 Å². The lowest BCUT2D eigenvalue weighted by Gasteiger charge is -2.09. The molecular weight excluding hydrogens is 334 g/mol. The second kappa shape index (κ2) is 6.10. The van der Waals surface area contributed by atoms with Crippen molar-refractivity contribution in [3.05, 3.63) is 63.1 Å². The summed E-state index contributed by atoms with van der Waals surface area (Å²) in [7, 11) is 0. The Hall–Kier alpha value is -2.14. The first kappa shape index (κ1) is 15.3. The number of anilines is 1. The second-order valence-electron chi connectivity index (χ2n) is 4.75. The molecule has 0 heterocycles. The largest absolute Gasteiger partial charge is 0.478 e. The standard InChI is InChI=1S/C16H14BrNO3/c1-9-3-4-11(7-10(9)2)15(19)18-14-6-5-12(16(20)21)8-13(14)17/h3-8H,1-2H3,(H,18,19)(H,20,21). The van der Waals surface area contributed by atoms with Crippen LogP contribution in [0.2, 0.25) is 0 Å². The third-order valence-corrected chi connectivity index (χ3v) is 3.89. The fraction of sp³-hybridized carbons (Fsp3) is 0.125. The van der Waals surface area contributed by atoms with Crippen LogP contribution in [-0.2, 0) is 0 Å². The number of amides is 1. The molecule has 2 N–H and O–H groups in total. The van der Waals surface area contributed by atoms with Crippen LogP contribution >= 0.6 is 15.9 Å². The molecule has 0 aliphatic heterocycles. The van der Waals surface area contributed by atoms with Crippen LogP contribution in [0.3, 0.4) is 0 Å². The van der Waals surface area contributed by atoms with Crippen LogP contribution in [-0.4, -0.2) is 17.0 Å². The van der Waals surface area contributed by atoms with E-state index in [4.69, 9.17) is 5.11 Å². The van der Waals surface area contributed by atoms with Gasteiger partial charge in [-0.05, 0) is 71.2 Å². The van der Waals surface area contributed by atoms with E-state index in [2.05, 4.69) is 21.2 Å². The fourth-order valence-electron chi connectivity index (χ4n) is 1.83. The molecule has 0 bridgehead atoms. The third kappa shape index (κ3) is 3.49. The molecule has 1 amide bonds. The molecule has 0 radical (unpaired) electrons. The van der Waals surface area contributed by atoms with Gasteiger partial charge in [-0.25, -0.2) is 4.79 Å². The summed E-state index contributed by atoms with van der Waals surface area (Å²) in [6.07, 6.45) is 0. The average Bonchev–Trinajstić information content (AvgIpc) is 2.43. The zero-order chi connectivity index (χ0) is 15.6. The van der Waals surface area contributed by atoms with Gasteiger partial charge in [0.05, 0.1) is 11.3 Å². The van der Waals surface area contributed by atoms with Gasteiger partial charge in [0.15, 0.2) is 0 Å². The topological polar surface area (TPSA) is 66.4 Å². The first-order valence-corrected chi connectivity index (χ1v) is 7.09. The summed E-state index contributed by atoms with van der Waals surface area (Å²) in [5.74, 6) is -1.25. The van der Waals surface area contributed by atoms with Crippen LogP contribution in [0.15, 0.2) is 40.9 Å². The van der Waals surface area contributed by atoms with E-state index >= 15 is 0 Å². The second-order valence-corrected chi connectivity index (χ2v) is 5.61. The molecule has 2 rings (SSSR count). The lowest BCUT2D eigenvalue weighted by atomic mass is 10.1. The smallest absolute Gasteiger partial charge is 0.335 e. The molecule has 0 aliphatic rings. The SMILES string of the molecule is Cc1ccc(C(=O)Nc2ccc(C(=O)O)cc2Br)cc1C. The van der Waals surface area contributed by atoms with Gasteiger partial charge in [-0.3, -0.25) is 4.79 Å². The van der Waals surface area contributed by atoms with Gasteiger partial charge in [0, 0.05) is 10.0 Å². The predicted molar refractivity (Wildman–Crippen MR) is 85.0 cm³/mol. The van der Waals surface area contributed by atoms with E-state index in [0.717, 1.165) is 11.1 Å². The maximum atomic E-state index is 12.2. The molecule has 21 heavy (non-hydrogen) atoms. The number of carbonyl (C=O) groups excluding carboxylic acids is 1. The van der Waals surface area contributed by atoms with Crippen molar-refractivity contribution in [2.45, 2.75) is 13.8 Å². The predicted octanol–water partition coefficient (Wildman–Crippen LogP) is 4.02. The number of carbonyl (C=O) groups is 2. The number of hydrogen-bond donors (Lipinski definition) is 2. The minimum atomic E-state index is -1.01. The van der Waals surface area contributed by atoms with E-state index in [1.54, 1.807) is 12.1 Å². The van der Waals surface area contributed by atoms with Crippen LogP contribution in [0.4, 0.5) is 5.69 Å². The van der Waals surface area contributed by atoms with Crippen LogP contribution < -0.4 is 5.32 Å². The number of hydrogen-bond acceptors (Lipinski definition) is 2. The molecule has 0 unspecified atom stereocenters. The number of rotatable bonds is 3. The molecule has 108 valence electrons. The molecule has 0 atom stereocenters. The van der Waals surface area contributed by atoms with Gasteiger partial charge in [0.1, 0.15) is 0 Å². The zero-order valence-corrected chi connectivity index (χ0v) is 13.2. The molecule has 0 aromatic heterocycles. The quantitative estimate of drug-likeness (QED) is 0.881. The maximum absolute atomic E-state index is 12.2. The van der Waals surface area contributed by atoms with E-state index in [0.29, 0.717) is 15.7 Å². The van der Waals surface area contributed by atoms with Gasteiger partial charge in [0.25, 0.3) is 5.91 Å².